The fourth-order valence-electron chi connectivity index (χ4n) is 8.19. The molecule has 0 amide bonds. The summed E-state index contributed by atoms with van der Waals surface area (Å²) in [6, 6.07) is 62.4. The molecule has 4 nitrogen and oxygen atoms in total. The van der Waals surface area contributed by atoms with Gasteiger partial charge in [0.25, 0.3) is 6.71 Å². The molecule has 9 aromatic rings. The van der Waals surface area contributed by atoms with E-state index >= 15 is 0 Å². The van der Waals surface area contributed by atoms with Crippen LogP contribution >= 0.6 is 0 Å². The van der Waals surface area contributed by atoms with Crippen molar-refractivity contribution in [3.63, 3.8) is 0 Å². The van der Waals surface area contributed by atoms with Gasteiger partial charge in [-0.3, -0.25) is 0 Å². The molecule has 0 saturated heterocycles. The summed E-state index contributed by atoms with van der Waals surface area (Å²) in [5.74, 6) is 3.42. The van der Waals surface area contributed by atoms with E-state index < -0.39 is 0 Å². The summed E-state index contributed by atoms with van der Waals surface area (Å²) < 4.78 is 18.3. The highest BCUT2D eigenvalue weighted by Gasteiger charge is 2.41. The highest BCUT2D eigenvalue weighted by atomic mass is 16.5. The lowest BCUT2D eigenvalue weighted by molar-refractivity contribution is 0.465. The molecule has 51 heavy (non-hydrogen) atoms. The van der Waals surface area contributed by atoms with Gasteiger partial charge in [0, 0.05) is 27.6 Å². The molecule has 7 aromatic carbocycles. The van der Waals surface area contributed by atoms with E-state index in [4.69, 9.17) is 9.47 Å². The van der Waals surface area contributed by atoms with Crippen molar-refractivity contribution in [2.24, 2.45) is 0 Å². The number of ether oxygens (including phenoxy) is 2. The van der Waals surface area contributed by atoms with Gasteiger partial charge < -0.3 is 18.6 Å². The van der Waals surface area contributed by atoms with Crippen molar-refractivity contribution < 1.29 is 9.47 Å². The van der Waals surface area contributed by atoms with Gasteiger partial charge in [-0.2, -0.15) is 0 Å². The Morgan fingerprint density at radius 1 is 0.373 bits per heavy atom. The molecule has 0 fully saturated rings. The zero-order chi connectivity index (χ0) is 33.5. The van der Waals surface area contributed by atoms with Crippen molar-refractivity contribution in [1.82, 2.24) is 9.13 Å². The molecule has 2 aromatic heterocycles. The molecule has 4 heterocycles. The summed E-state index contributed by atoms with van der Waals surface area (Å²) in [7, 11) is 0. The lowest BCUT2D eigenvalue weighted by Gasteiger charge is -2.33. The number of nitrogens with zero attached hydrogens (tertiary/aromatic N) is 2. The standard InChI is InChI=1S/C46H29BN2O2/c1-5-14-30(15-6-1)38-24-32-26-44-36(28-40(32)48(38)34-18-9-3-10-19-34)47-37-29-41-33(27-45(37)51-43-23-13-22-42(50-44)46(43)47)25-39(31-16-7-2-8-17-31)49(41)35-20-11-4-12-21-35/h1-29H. The fourth-order valence-corrected chi connectivity index (χ4v) is 8.19. The van der Waals surface area contributed by atoms with Crippen LogP contribution in [0.15, 0.2) is 176 Å². The van der Waals surface area contributed by atoms with E-state index in [0.717, 1.165) is 95.1 Å². The maximum absolute atomic E-state index is 6.76. The predicted molar refractivity (Wildman–Crippen MR) is 209 cm³/mol. The summed E-state index contributed by atoms with van der Waals surface area (Å²) in [5, 5.41) is 2.26. The van der Waals surface area contributed by atoms with Crippen LogP contribution in [0.4, 0.5) is 0 Å². The summed E-state index contributed by atoms with van der Waals surface area (Å²) in [5.41, 5.74) is 12.4. The van der Waals surface area contributed by atoms with Gasteiger partial charge in [-0.1, -0.05) is 103 Å². The van der Waals surface area contributed by atoms with Crippen LogP contribution in [-0.2, 0) is 0 Å². The van der Waals surface area contributed by atoms with E-state index in [1.54, 1.807) is 0 Å². The van der Waals surface area contributed by atoms with Gasteiger partial charge in [0.2, 0.25) is 0 Å². The van der Waals surface area contributed by atoms with Gasteiger partial charge in [-0.15, -0.1) is 0 Å². The minimum atomic E-state index is -0.0869. The molecule has 0 bridgehead atoms. The van der Waals surface area contributed by atoms with Gasteiger partial charge in [-0.25, -0.2) is 0 Å². The van der Waals surface area contributed by atoms with Crippen molar-refractivity contribution in [2.75, 3.05) is 0 Å². The number of para-hydroxylation sites is 2. The Morgan fingerprint density at radius 3 is 1.22 bits per heavy atom. The molecule has 0 saturated carbocycles. The van der Waals surface area contributed by atoms with Crippen molar-refractivity contribution >= 4 is 44.9 Å². The van der Waals surface area contributed by atoms with Crippen LogP contribution in [0.2, 0.25) is 0 Å². The predicted octanol–water partition coefficient (Wildman–Crippen LogP) is 9.64. The van der Waals surface area contributed by atoms with Gasteiger partial charge in [0.1, 0.15) is 23.0 Å². The molecule has 0 unspecified atom stereocenters. The Hall–Kier alpha value is -6.72. The van der Waals surface area contributed by atoms with E-state index in [1.807, 2.05) is 6.07 Å². The molecule has 238 valence electrons. The summed E-state index contributed by atoms with van der Waals surface area (Å²) in [6.45, 7) is -0.0869. The Morgan fingerprint density at radius 2 is 0.784 bits per heavy atom. The SMILES string of the molecule is c1ccc(-c2cc3cc4c(cc3n2-c2ccccc2)B2c3cc5c(cc3Oc3cccc(c32)O4)cc(-c2ccccc2)n5-c2ccccc2)cc1. The van der Waals surface area contributed by atoms with E-state index in [2.05, 4.69) is 179 Å². The Kier molecular flexibility index (Phi) is 6.01. The van der Waals surface area contributed by atoms with Gasteiger partial charge in [0.05, 0.1) is 22.4 Å². The molecular weight excluding hydrogens is 623 g/mol. The molecule has 0 spiro atoms. The first-order valence-electron chi connectivity index (χ1n) is 17.4. The van der Waals surface area contributed by atoms with E-state index in [9.17, 15) is 0 Å². The third kappa shape index (κ3) is 4.28. The lowest BCUT2D eigenvalue weighted by atomic mass is 9.35. The van der Waals surface area contributed by atoms with Gasteiger partial charge >= 0.3 is 0 Å². The normalized spacial score (nSPS) is 12.6. The molecular formula is C46H29BN2O2. The largest absolute Gasteiger partial charge is 0.458 e. The number of fused-ring (bicyclic) bond motifs is 6. The number of rotatable bonds is 4. The van der Waals surface area contributed by atoms with Crippen molar-refractivity contribution in [1.29, 1.82) is 0 Å². The minimum absolute atomic E-state index is 0.0869. The average molecular weight is 653 g/mol. The summed E-state index contributed by atoms with van der Waals surface area (Å²) in [4.78, 5) is 0. The number of hydrogen-bond acceptors (Lipinski definition) is 2. The van der Waals surface area contributed by atoms with Crippen molar-refractivity contribution in [3.8, 4) is 56.9 Å². The van der Waals surface area contributed by atoms with E-state index in [1.165, 1.54) is 0 Å². The van der Waals surface area contributed by atoms with Crippen molar-refractivity contribution in [3.05, 3.63) is 176 Å². The quantitative estimate of drug-likeness (QED) is 0.177. The maximum Gasteiger partial charge on any atom is 0.260 e. The minimum Gasteiger partial charge on any atom is -0.458 e. The van der Waals surface area contributed by atoms with Gasteiger partial charge in [-0.05, 0) is 94.8 Å². The Bertz CT molecular complexity index is 2600. The second-order valence-electron chi connectivity index (χ2n) is 13.3. The third-order valence-electron chi connectivity index (χ3n) is 10.4. The molecule has 0 radical (unpaired) electrons. The first kappa shape index (κ1) is 28.2. The Balaban J connectivity index is 1.19. The highest BCUT2D eigenvalue weighted by Crippen LogP contribution is 2.40. The first-order valence-corrected chi connectivity index (χ1v) is 17.4. The Labute approximate surface area is 295 Å². The number of aromatic nitrogens is 2. The van der Waals surface area contributed by atoms with E-state index in [0.29, 0.717) is 0 Å². The molecule has 2 aliphatic rings. The maximum atomic E-state index is 6.76. The van der Waals surface area contributed by atoms with E-state index in [-0.39, 0.29) is 6.71 Å². The zero-order valence-corrected chi connectivity index (χ0v) is 27.5. The number of hydrogen-bond donors (Lipinski definition) is 0. The topological polar surface area (TPSA) is 28.3 Å². The summed E-state index contributed by atoms with van der Waals surface area (Å²) >= 11 is 0. The second-order valence-corrected chi connectivity index (χ2v) is 13.3. The second kappa shape index (κ2) is 10.9. The smallest absolute Gasteiger partial charge is 0.260 e. The van der Waals surface area contributed by atoms with Crippen LogP contribution in [0.1, 0.15) is 0 Å². The van der Waals surface area contributed by atoms with Crippen molar-refractivity contribution in [2.45, 2.75) is 0 Å². The van der Waals surface area contributed by atoms with Gasteiger partial charge in [0.15, 0.2) is 0 Å². The molecule has 0 aliphatic carbocycles. The lowest BCUT2D eigenvalue weighted by Crippen LogP contribution is -2.57. The van der Waals surface area contributed by atoms with Crippen LogP contribution in [0.3, 0.4) is 0 Å². The monoisotopic (exact) mass is 652 g/mol. The van der Waals surface area contributed by atoms with Crippen LogP contribution in [-0.4, -0.2) is 15.8 Å². The first-order chi connectivity index (χ1) is 25.3. The third-order valence-corrected chi connectivity index (χ3v) is 10.4. The average Bonchev–Trinajstić information content (AvgIpc) is 3.76. The summed E-state index contributed by atoms with van der Waals surface area (Å²) in [6.07, 6.45) is 0. The molecule has 0 atom stereocenters. The molecule has 5 heteroatoms. The zero-order valence-electron chi connectivity index (χ0n) is 27.5. The highest BCUT2D eigenvalue weighted by molar-refractivity contribution is 6.98. The van der Waals surface area contributed by atoms with Crippen LogP contribution in [0.25, 0.3) is 55.7 Å². The van der Waals surface area contributed by atoms with Crippen LogP contribution in [0, 0.1) is 0 Å². The van der Waals surface area contributed by atoms with Crippen LogP contribution in [0.5, 0.6) is 23.0 Å². The fraction of sp³-hybridized carbons (Fsp3) is 0. The molecule has 11 rings (SSSR count). The number of benzene rings is 7. The molecule has 0 N–H and O–H groups in total. The molecule has 2 aliphatic heterocycles. The van der Waals surface area contributed by atoms with Crippen LogP contribution < -0.4 is 25.9 Å².